The third-order valence-electron chi connectivity index (χ3n) is 5.84. The van der Waals surface area contributed by atoms with Crippen LogP contribution in [0.3, 0.4) is 0 Å². The van der Waals surface area contributed by atoms with Gasteiger partial charge in [0.1, 0.15) is 11.4 Å². The molecule has 1 fully saturated rings. The summed E-state index contributed by atoms with van der Waals surface area (Å²) >= 11 is 0. The predicted octanol–water partition coefficient (Wildman–Crippen LogP) is 2.07. The van der Waals surface area contributed by atoms with Crippen molar-refractivity contribution in [2.75, 3.05) is 51.2 Å². The Morgan fingerprint density at radius 3 is 2.61 bits per heavy atom. The minimum Gasteiger partial charge on any atom is -0.487 e. The van der Waals surface area contributed by atoms with Gasteiger partial charge in [-0.1, -0.05) is 18.2 Å². The van der Waals surface area contributed by atoms with Gasteiger partial charge in [0.2, 0.25) is 5.95 Å². The maximum absolute atomic E-state index is 6.15. The van der Waals surface area contributed by atoms with Gasteiger partial charge in [0.05, 0.1) is 6.04 Å². The molecule has 8 nitrogen and oxygen atoms in total. The molecule has 2 N–H and O–H groups in total. The number of nitrogens with zero attached hydrogens (tertiary/aromatic N) is 5. The summed E-state index contributed by atoms with van der Waals surface area (Å²) < 4.78 is 6.15. The zero-order chi connectivity index (χ0) is 21.7. The molecule has 0 bridgehead atoms. The number of nitrogens with one attached hydrogen (secondary N) is 2. The molecular formula is C23H33N7O. The van der Waals surface area contributed by atoms with Crippen molar-refractivity contribution in [1.82, 2.24) is 25.5 Å². The van der Waals surface area contributed by atoms with Crippen molar-refractivity contribution in [2.45, 2.75) is 31.9 Å². The number of aliphatic imine (C=N–C) groups is 1. The predicted molar refractivity (Wildman–Crippen MR) is 124 cm³/mol. The van der Waals surface area contributed by atoms with Crippen LogP contribution in [0.5, 0.6) is 5.75 Å². The van der Waals surface area contributed by atoms with E-state index in [9.17, 15) is 0 Å². The van der Waals surface area contributed by atoms with E-state index in [2.05, 4.69) is 61.4 Å². The van der Waals surface area contributed by atoms with Crippen molar-refractivity contribution in [2.24, 2.45) is 4.99 Å². The second kappa shape index (κ2) is 9.51. The Balaban J connectivity index is 1.25. The lowest BCUT2D eigenvalue weighted by Crippen LogP contribution is -2.50. The third-order valence-corrected chi connectivity index (χ3v) is 5.84. The summed E-state index contributed by atoms with van der Waals surface area (Å²) in [5, 5.41) is 7.08. The molecule has 1 aromatic heterocycles. The van der Waals surface area contributed by atoms with Crippen LogP contribution >= 0.6 is 0 Å². The lowest BCUT2D eigenvalue weighted by Gasteiger charge is -2.38. The highest BCUT2D eigenvalue weighted by molar-refractivity contribution is 5.80. The largest absolute Gasteiger partial charge is 0.487 e. The molecule has 1 atom stereocenters. The van der Waals surface area contributed by atoms with Crippen LogP contribution in [0.25, 0.3) is 0 Å². The van der Waals surface area contributed by atoms with Crippen molar-refractivity contribution in [3.8, 4) is 5.75 Å². The summed E-state index contributed by atoms with van der Waals surface area (Å²) in [4.78, 5) is 17.9. The average Bonchev–Trinajstić information content (AvgIpc) is 2.78. The van der Waals surface area contributed by atoms with Crippen LogP contribution < -0.4 is 20.3 Å². The highest BCUT2D eigenvalue weighted by Gasteiger charge is 2.34. The molecule has 0 saturated carbocycles. The molecule has 2 aromatic rings. The van der Waals surface area contributed by atoms with Gasteiger partial charge >= 0.3 is 0 Å². The Morgan fingerprint density at radius 1 is 1.13 bits per heavy atom. The van der Waals surface area contributed by atoms with E-state index in [0.29, 0.717) is 0 Å². The zero-order valence-electron chi connectivity index (χ0n) is 18.7. The average molecular weight is 424 g/mol. The lowest BCUT2D eigenvalue weighted by atomic mass is 9.90. The summed E-state index contributed by atoms with van der Waals surface area (Å²) in [6, 6.07) is 10.3. The smallest absolute Gasteiger partial charge is 0.225 e. The minimum atomic E-state index is -0.215. The van der Waals surface area contributed by atoms with Gasteiger partial charge in [-0.05, 0) is 26.0 Å². The second-order valence-corrected chi connectivity index (χ2v) is 8.68. The Labute approximate surface area is 184 Å². The fourth-order valence-electron chi connectivity index (χ4n) is 4.25. The summed E-state index contributed by atoms with van der Waals surface area (Å²) in [6.07, 6.45) is 4.48. The van der Waals surface area contributed by atoms with E-state index in [-0.39, 0.29) is 11.6 Å². The first kappa shape index (κ1) is 21.4. The zero-order valence-corrected chi connectivity index (χ0v) is 18.7. The van der Waals surface area contributed by atoms with Gasteiger partial charge in [-0.3, -0.25) is 9.89 Å². The summed E-state index contributed by atoms with van der Waals surface area (Å²) in [7, 11) is 1.82. The molecule has 0 aliphatic carbocycles. The number of guanidine groups is 1. The van der Waals surface area contributed by atoms with Crippen molar-refractivity contribution in [3.05, 3.63) is 48.3 Å². The highest BCUT2D eigenvalue weighted by atomic mass is 16.5. The molecule has 0 spiro atoms. The Kier molecular flexibility index (Phi) is 6.56. The summed E-state index contributed by atoms with van der Waals surface area (Å²) in [5.41, 5.74) is 0.969. The molecule has 166 valence electrons. The minimum absolute atomic E-state index is 0.167. The quantitative estimate of drug-likeness (QED) is 0.563. The van der Waals surface area contributed by atoms with Gasteiger partial charge in [-0.15, -0.1) is 0 Å². The first-order valence-corrected chi connectivity index (χ1v) is 11.0. The van der Waals surface area contributed by atoms with Crippen LogP contribution in [-0.4, -0.2) is 72.7 Å². The van der Waals surface area contributed by atoms with Gasteiger partial charge in [-0.2, -0.15) is 0 Å². The molecule has 1 saturated heterocycles. The van der Waals surface area contributed by atoms with Gasteiger partial charge in [0.15, 0.2) is 5.96 Å². The number of piperazine rings is 1. The summed E-state index contributed by atoms with van der Waals surface area (Å²) in [6.45, 7) is 9.99. The normalized spacial score (nSPS) is 21.2. The van der Waals surface area contributed by atoms with Gasteiger partial charge in [0, 0.05) is 70.7 Å². The fraction of sp³-hybridized carbons (Fsp3) is 0.522. The molecule has 0 amide bonds. The Hall–Kier alpha value is -2.87. The number of anilines is 1. The maximum Gasteiger partial charge on any atom is 0.225 e. The standard InChI is InChI=1S/C23H33N7O/c1-23(2)17-19(18-7-4-5-8-20(18)31-23)28-21(24-3)25-11-12-29-13-15-30(16-14-29)22-26-9-6-10-27-22/h4-10,19H,11-17H2,1-3H3,(H2,24,25,28). The number of benzene rings is 1. The van der Waals surface area contributed by atoms with E-state index in [1.165, 1.54) is 5.56 Å². The van der Waals surface area contributed by atoms with Crippen LogP contribution in [0, 0.1) is 0 Å². The van der Waals surface area contributed by atoms with E-state index < -0.39 is 0 Å². The number of fused-ring (bicyclic) bond motifs is 1. The van der Waals surface area contributed by atoms with Crippen LogP contribution in [0.15, 0.2) is 47.7 Å². The highest BCUT2D eigenvalue weighted by Crippen LogP contribution is 2.39. The number of hydrogen-bond donors (Lipinski definition) is 2. The molecule has 1 unspecified atom stereocenters. The van der Waals surface area contributed by atoms with Gasteiger partial charge < -0.3 is 20.3 Å². The number of para-hydroxylation sites is 1. The number of aromatic nitrogens is 2. The molecule has 2 aliphatic rings. The van der Waals surface area contributed by atoms with Crippen molar-refractivity contribution >= 4 is 11.9 Å². The molecule has 4 rings (SSSR count). The van der Waals surface area contributed by atoms with E-state index >= 15 is 0 Å². The van der Waals surface area contributed by atoms with E-state index in [1.54, 1.807) is 12.4 Å². The molecule has 3 heterocycles. The van der Waals surface area contributed by atoms with Crippen molar-refractivity contribution in [1.29, 1.82) is 0 Å². The Morgan fingerprint density at radius 2 is 1.87 bits per heavy atom. The van der Waals surface area contributed by atoms with Crippen LogP contribution in [0.1, 0.15) is 31.9 Å². The fourth-order valence-corrected chi connectivity index (χ4v) is 4.25. The van der Waals surface area contributed by atoms with Crippen molar-refractivity contribution in [3.63, 3.8) is 0 Å². The van der Waals surface area contributed by atoms with E-state index in [0.717, 1.165) is 63.3 Å². The van der Waals surface area contributed by atoms with Crippen molar-refractivity contribution < 1.29 is 4.74 Å². The molecule has 1 aromatic carbocycles. The first-order chi connectivity index (χ1) is 15.0. The van der Waals surface area contributed by atoms with E-state index in [1.807, 2.05) is 25.2 Å². The molecule has 31 heavy (non-hydrogen) atoms. The van der Waals surface area contributed by atoms with Gasteiger partial charge in [0.25, 0.3) is 0 Å². The van der Waals surface area contributed by atoms with Crippen LogP contribution in [0.4, 0.5) is 5.95 Å². The number of rotatable bonds is 5. The van der Waals surface area contributed by atoms with Gasteiger partial charge in [-0.25, -0.2) is 9.97 Å². The maximum atomic E-state index is 6.15. The molecule has 2 aliphatic heterocycles. The number of ether oxygens (including phenoxy) is 1. The van der Waals surface area contributed by atoms with Crippen LogP contribution in [-0.2, 0) is 0 Å². The summed E-state index contributed by atoms with van der Waals surface area (Å²) in [5.74, 6) is 2.60. The topological polar surface area (TPSA) is 77.9 Å². The molecule has 0 radical (unpaired) electrons. The van der Waals surface area contributed by atoms with E-state index in [4.69, 9.17) is 4.74 Å². The second-order valence-electron chi connectivity index (χ2n) is 8.68. The molecular weight excluding hydrogens is 390 g/mol. The SMILES string of the molecule is CN=C(NCCN1CCN(c2ncccn2)CC1)NC1CC(C)(C)Oc2ccccc21. The lowest BCUT2D eigenvalue weighted by molar-refractivity contribution is 0.0694. The third kappa shape index (κ3) is 5.44. The Bertz CT molecular complexity index is 879. The van der Waals surface area contributed by atoms with Crippen LogP contribution in [0.2, 0.25) is 0 Å². The monoisotopic (exact) mass is 423 g/mol. The first-order valence-electron chi connectivity index (χ1n) is 11.0. The molecule has 8 heteroatoms. The number of hydrogen-bond acceptors (Lipinski definition) is 6.